The van der Waals surface area contributed by atoms with Crippen LogP contribution in [0.4, 0.5) is 0 Å². The minimum absolute atomic E-state index is 0.00801. The van der Waals surface area contributed by atoms with Crippen LogP contribution in [0.1, 0.15) is 17.0 Å². The summed E-state index contributed by atoms with van der Waals surface area (Å²) in [7, 11) is 1.74. The van der Waals surface area contributed by atoms with Crippen LogP contribution in [0, 0.1) is 13.8 Å². The molecule has 0 saturated heterocycles. The van der Waals surface area contributed by atoms with E-state index in [-0.39, 0.29) is 12.5 Å². The first-order chi connectivity index (χ1) is 14.5. The number of aryl methyl sites for hydroxylation is 2. The van der Waals surface area contributed by atoms with Gasteiger partial charge in [0.05, 0.1) is 0 Å². The SMILES string of the molecule is Cc1cccc(OCC(=O)N(C)CCc2noc(-c3cc4cc(C)ccc4[nH]3)n2)c1. The van der Waals surface area contributed by atoms with Crippen LogP contribution in [0.3, 0.4) is 0 Å². The lowest BCUT2D eigenvalue weighted by Gasteiger charge is -2.16. The third-order valence-corrected chi connectivity index (χ3v) is 4.92. The highest BCUT2D eigenvalue weighted by atomic mass is 16.5. The monoisotopic (exact) mass is 404 g/mol. The van der Waals surface area contributed by atoms with Gasteiger partial charge in [-0.2, -0.15) is 4.98 Å². The molecule has 154 valence electrons. The average Bonchev–Trinajstić information content (AvgIpc) is 3.36. The topological polar surface area (TPSA) is 84.2 Å². The van der Waals surface area contributed by atoms with Gasteiger partial charge in [0.15, 0.2) is 12.4 Å². The molecule has 7 nitrogen and oxygen atoms in total. The second-order valence-corrected chi connectivity index (χ2v) is 7.46. The number of aromatic amines is 1. The molecule has 4 aromatic rings. The largest absolute Gasteiger partial charge is 0.484 e. The molecule has 0 aliphatic rings. The lowest BCUT2D eigenvalue weighted by Crippen LogP contribution is -2.33. The highest BCUT2D eigenvalue weighted by molar-refractivity contribution is 5.85. The maximum Gasteiger partial charge on any atom is 0.274 e. The number of carbonyl (C=O) groups is 1. The Kier molecular flexibility index (Phi) is 5.52. The zero-order valence-electron chi connectivity index (χ0n) is 17.3. The predicted molar refractivity (Wildman–Crippen MR) is 114 cm³/mol. The van der Waals surface area contributed by atoms with Gasteiger partial charge in [0.25, 0.3) is 11.8 Å². The first kappa shape index (κ1) is 19.7. The van der Waals surface area contributed by atoms with Crippen LogP contribution in [0.2, 0.25) is 0 Å². The molecule has 0 radical (unpaired) electrons. The average molecular weight is 404 g/mol. The van der Waals surface area contributed by atoms with Crippen molar-refractivity contribution in [2.24, 2.45) is 0 Å². The summed E-state index contributed by atoms with van der Waals surface area (Å²) in [5, 5.41) is 5.14. The molecule has 1 amide bonds. The van der Waals surface area contributed by atoms with Crippen molar-refractivity contribution < 1.29 is 14.1 Å². The van der Waals surface area contributed by atoms with Crippen molar-refractivity contribution in [3.8, 4) is 17.3 Å². The summed E-state index contributed by atoms with van der Waals surface area (Å²) in [4.78, 5) is 21.7. The molecule has 7 heteroatoms. The van der Waals surface area contributed by atoms with Crippen molar-refractivity contribution >= 4 is 16.8 Å². The number of likely N-dealkylation sites (N-methyl/N-ethyl adjacent to an activating group) is 1. The molecule has 2 aromatic carbocycles. The molecular formula is C23H24N4O3. The fraction of sp³-hybridized carbons (Fsp3) is 0.261. The van der Waals surface area contributed by atoms with Crippen LogP contribution in [0.25, 0.3) is 22.5 Å². The van der Waals surface area contributed by atoms with Gasteiger partial charge in [-0.15, -0.1) is 0 Å². The van der Waals surface area contributed by atoms with E-state index in [4.69, 9.17) is 9.26 Å². The maximum absolute atomic E-state index is 12.3. The summed E-state index contributed by atoms with van der Waals surface area (Å²) in [6.45, 7) is 4.50. The molecule has 0 aliphatic heterocycles. The van der Waals surface area contributed by atoms with E-state index < -0.39 is 0 Å². The Balaban J connectivity index is 1.32. The van der Waals surface area contributed by atoms with Crippen LogP contribution in [0.15, 0.2) is 53.1 Å². The minimum Gasteiger partial charge on any atom is -0.484 e. The summed E-state index contributed by atoms with van der Waals surface area (Å²) < 4.78 is 11.0. The predicted octanol–water partition coefficient (Wildman–Crippen LogP) is 3.91. The van der Waals surface area contributed by atoms with E-state index in [1.807, 2.05) is 43.3 Å². The standard InChI is InChI=1S/C23H24N4O3/c1-15-5-4-6-18(12-15)29-14-22(28)27(3)10-9-21-25-23(30-26-21)20-13-17-11-16(2)7-8-19(17)24-20/h4-8,11-13,24H,9-10,14H2,1-3H3. The van der Waals surface area contributed by atoms with E-state index in [1.54, 1.807) is 11.9 Å². The van der Waals surface area contributed by atoms with Crippen LogP contribution in [0.5, 0.6) is 5.75 Å². The van der Waals surface area contributed by atoms with Gasteiger partial charge in [-0.25, -0.2) is 0 Å². The van der Waals surface area contributed by atoms with Crippen molar-refractivity contribution in [1.82, 2.24) is 20.0 Å². The van der Waals surface area contributed by atoms with Crippen LogP contribution >= 0.6 is 0 Å². The summed E-state index contributed by atoms with van der Waals surface area (Å²) in [6, 6.07) is 15.8. The van der Waals surface area contributed by atoms with E-state index in [2.05, 4.69) is 34.2 Å². The number of rotatable bonds is 7. The number of hydrogen-bond donors (Lipinski definition) is 1. The third-order valence-electron chi connectivity index (χ3n) is 4.92. The quantitative estimate of drug-likeness (QED) is 0.505. The van der Waals surface area contributed by atoms with Gasteiger partial charge in [0, 0.05) is 30.9 Å². The zero-order valence-corrected chi connectivity index (χ0v) is 17.3. The Morgan fingerprint density at radius 1 is 1.13 bits per heavy atom. The Morgan fingerprint density at radius 3 is 2.80 bits per heavy atom. The van der Waals surface area contributed by atoms with Crippen molar-refractivity contribution in [3.05, 3.63) is 65.5 Å². The van der Waals surface area contributed by atoms with Gasteiger partial charge in [-0.1, -0.05) is 28.9 Å². The van der Waals surface area contributed by atoms with Crippen LogP contribution < -0.4 is 4.74 Å². The number of ether oxygens (including phenoxy) is 1. The lowest BCUT2D eigenvalue weighted by atomic mass is 10.2. The fourth-order valence-electron chi connectivity index (χ4n) is 3.18. The number of nitrogens with zero attached hydrogens (tertiary/aromatic N) is 3. The second-order valence-electron chi connectivity index (χ2n) is 7.46. The second kappa shape index (κ2) is 8.41. The van der Waals surface area contributed by atoms with Crippen molar-refractivity contribution in [3.63, 3.8) is 0 Å². The molecule has 0 atom stereocenters. The summed E-state index contributed by atoms with van der Waals surface area (Å²) in [5.41, 5.74) is 4.09. The van der Waals surface area contributed by atoms with Crippen LogP contribution in [-0.2, 0) is 11.2 Å². The van der Waals surface area contributed by atoms with Crippen molar-refractivity contribution in [2.75, 3.05) is 20.2 Å². The fourth-order valence-corrected chi connectivity index (χ4v) is 3.18. The number of amides is 1. The number of aromatic nitrogens is 3. The highest BCUT2D eigenvalue weighted by Crippen LogP contribution is 2.23. The number of H-pyrrole nitrogens is 1. The smallest absolute Gasteiger partial charge is 0.274 e. The molecule has 0 unspecified atom stereocenters. The maximum atomic E-state index is 12.3. The van der Waals surface area contributed by atoms with E-state index in [1.165, 1.54) is 5.56 Å². The van der Waals surface area contributed by atoms with Gasteiger partial charge in [-0.3, -0.25) is 4.79 Å². The Labute approximate surface area is 174 Å². The Morgan fingerprint density at radius 2 is 1.97 bits per heavy atom. The summed E-state index contributed by atoms with van der Waals surface area (Å²) >= 11 is 0. The van der Waals surface area contributed by atoms with Gasteiger partial charge in [-0.05, 0) is 49.7 Å². The van der Waals surface area contributed by atoms with E-state index in [0.29, 0.717) is 30.4 Å². The van der Waals surface area contributed by atoms with Gasteiger partial charge in [0.2, 0.25) is 0 Å². The molecule has 0 aliphatic carbocycles. The molecule has 1 N–H and O–H groups in total. The summed E-state index contributed by atoms with van der Waals surface area (Å²) in [5.74, 6) is 1.58. The van der Waals surface area contributed by atoms with Crippen molar-refractivity contribution in [2.45, 2.75) is 20.3 Å². The zero-order chi connectivity index (χ0) is 21.1. The first-order valence-corrected chi connectivity index (χ1v) is 9.84. The third kappa shape index (κ3) is 4.51. The number of carbonyl (C=O) groups excluding carboxylic acids is 1. The normalized spacial score (nSPS) is 11.0. The van der Waals surface area contributed by atoms with Crippen molar-refractivity contribution in [1.29, 1.82) is 0 Å². The summed E-state index contributed by atoms with van der Waals surface area (Å²) in [6.07, 6.45) is 0.496. The molecule has 0 bridgehead atoms. The molecular weight excluding hydrogens is 380 g/mol. The van der Waals surface area contributed by atoms with Gasteiger partial charge < -0.3 is 19.1 Å². The van der Waals surface area contributed by atoms with Gasteiger partial charge >= 0.3 is 0 Å². The molecule has 2 aromatic heterocycles. The number of fused-ring (bicyclic) bond motifs is 1. The van der Waals surface area contributed by atoms with E-state index in [0.717, 1.165) is 22.2 Å². The lowest BCUT2D eigenvalue weighted by molar-refractivity contribution is -0.132. The van der Waals surface area contributed by atoms with E-state index >= 15 is 0 Å². The number of nitrogens with one attached hydrogen (secondary N) is 1. The van der Waals surface area contributed by atoms with Gasteiger partial charge in [0.1, 0.15) is 11.4 Å². The molecule has 0 spiro atoms. The Hall–Kier alpha value is -3.61. The molecule has 0 fully saturated rings. The molecule has 30 heavy (non-hydrogen) atoms. The van der Waals surface area contributed by atoms with E-state index in [9.17, 15) is 4.79 Å². The van der Waals surface area contributed by atoms with Crippen LogP contribution in [-0.4, -0.2) is 46.1 Å². The molecule has 2 heterocycles. The number of benzene rings is 2. The number of hydrogen-bond acceptors (Lipinski definition) is 5. The Bertz CT molecular complexity index is 1180. The molecule has 4 rings (SSSR count). The highest BCUT2D eigenvalue weighted by Gasteiger charge is 2.14. The minimum atomic E-state index is -0.105. The first-order valence-electron chi connectivity index (χ1n) is 9.84. The molecule has 0 saturated carbocycles.